The summed E-state index contributed by atoms with van der Waals surface area (Å²) in [4.78, 5) is 5.30. The lowest BCUT2D eigenvalue weighted by molar-refractivity contribution is 0.228. The molecule has 0 unspecified atom stereocenters. The van der Waals surface area contributed by atoms with Gasteiger partial charge in [-0.25, -0.2) is 0 Å². The quantitative estimate of drug-likeness (QED) is 0.547. The van der Waals surface area contributed by atoms with Crippen LogP contribution in [0.15, 0.2) is 24.3 Å². The van der Waals surface area contributed by atoms with Gasteiger partial charge < -0.3 is 4.90 Å². The smallest absolute Gasteiger partial charge is 0.0473 e. The minimum absolute atomic E-state index is 0. The molecule has 1 aromatic rings. The van der Waals surface area contributed by atoms with Crippen LogP contribution in [0.4, 0.5) is 5.69 Å². The van der Waals surface area contributed by atoms with Crippen molar-refractivity contribution in [2.24, 2.45) is 10.8 Å². The van der Waals surface area contributed by atoms with Gasteiger partial charge in [-0.15, -0.1) is 12.4 Å². The first-order valence-electron chi connectivity index (χ1n) is 11.0. The van der Waals surface area contributed by atoms with Crippen molar-refractivity contribution in [3.63, 3.8) is 0 Å². The van der Waals surface area contributed by atoms with Crippen molar-refractivity contribution in [1.82, 2.24) is 4.90 Å². The highest BCUT2D eigenvalue weighted by molar-refractivity contribution is 5.85. The number of benzene rings is 1. The van der Waals surface area contributed by atoms with E-state index in [-0.39, 0.29) is 17.8 Å². The summed E-state index contributed by atoms with van der Waals surface area (Å²) in [5.74, 6) is 0. The van der Waals surface area contributed by atoms with E-state index < -0.39 is 0 Å². The van der Waals surface area contributed by atoms with Crippen LogP contribution >= 0.6 is 12.4 Å². The summed E-state index contributed by atoms with van der Waals surface area (Å²) >= 11 is 0. The number of aryl methyl sites for hydroxylation is 1. The molecule has 28 heavy (non-hydrogen) atoms. The van der Waals surface area contributed by atoms with Gasteiger partial charge >= 0.3 is 0 Å². The predicted molar refractivity (Wildman–Crippen MR) is 127 cm³/mol. The number of nitrogens with zero attached hydrogens (tertiary/aromatic N) is 2. The number of unbranched alkanes of at least 4 members (excludes halogenated alkanes) is 1. The summed E-state index contributed by atoms with van der Waals surface area (Å²) in [6.07, 6.45) is 7.63. The van der Waals surface area contributed by atoms with Gasteiger partial charge in [0, 0.05) is 37.4 Å². The molecule has 2 nitrogen and oxygen atoms in total. The molecule has 2 aliphatic rings. The third-order valence-corrected chi connectivity index (χ3v) is 6.27. The van der Waals surface area contributed by atoms with Crippen molar-refractivity contribution in [2.45, 2.75) is 67.2 Å². The fraction of sp³-hybridized carbons (Fsp3) is 0.680. The molecule has 0 saturated carbocycles. The highest BCUT2D eigenvalue weighted by Gasteiger charge is 2.34. The van der Waals surface area contributed by atoms with Gasteiger partial charge in [0.1, 0.15) is 0 Å². The first-order valence-corrected chi connectivity index (χ1v) is 11.0. The van der Waals surface area contributed by atoms with Gasteiger partial charge in [-0.1, -0.05) is 65.3 Å². The highest BCUT2D eigenvalue weighted by atomic mass is 35.5. The lowest BCUT2D eigenvalue weighted by Crippen LogP contribution is -2.47. The molecule has 0 atom stereocenters. The van der Waals surface area contributed by atoms with Gasteiger partial charge in [-0.3, -0.25) is 4.90 Å². The Bertz CT molecular complexity index is 682. The summed E-state index contributed by atoms with van der Waals surface area (Å²) in [6, 6.07) is 6.91. The van der Waals surface area contributed by atoms with Gasteiger partial charge in [0.2, 0.25) is 0 Å². The zero-order valence-electron chi connectivity index (χ0n) is 19.0. The van der Waals surface area contributed by atoms with Crippen molar-refractivity contribution in [3.05, 3.63) is 35.4 Å². The standard InChI is InChI=1S/C25H40N2.ClH/c1-7-8-12-26-13-15-27(16-14-26)23-20(2)10-9-11-22(23)21-17-24(3,4)19-25(5,6)18-21;/h9-11,17H,7-8,12-16,18-19H2,1-6H3;1H. The lowest BCUT2D eigenvalue weighted by atomic mass is 9.65. The molecule has 1 heterocycles. The molecule has 158 valence electrons. The molecule has 0 aromatic heterocycles. The predicted octanol–water partition coefficient (Wildman–Crippen LogP) is 6.57. The van der Waals surface area contributed by atoms with E-state index in [0.29, 0.717) is 5.41 Å². The molecule has 0 N–H and O–H groups in total. The van der Waals surface area contributed by atoms with Gasteiger partial charge in [-0.05, 0) is 54.7 Å². The minimum atomic E-state index is 0. The topological polar surface area (TPSA) is 6.48 Å². The van der Waals surface area contributed by atoms with Gasteiger partial charge in [0.05, 0.1) is 0 Å². The van der Waals surface area contributed by atoms with Crippen molar-refractivity contribution >= 4 is 23.7 Å². The molecule has 1 fully saturated rings. The molecule has 1 saturated heterocycles. The normalized spacial score (nSPS) is 21.8. The Hall–Kier alpha value is -0.990. The number of rotatable bonds is 5. The summed E-state index contributed by atoms with van der Waals surface area (Å²) in [7, 11) is 0. The van der Waals surface area contributed by atoms with E-state index in [1.807, 2.05) is 0 Å². The van der Waals surface area contributed by atoms with Crippen LogP contribution in [0.2, 0.25) is 0 Å². The Morgan fingerprint density at radius 2 is 1.68 bits per heavy atom. The van der Waals surface area contributed by atoms with E-state index in [4.69, 9.17) is 0 Å². The second kappa shape index (κ2) is 9.22. The first-order chi connectivity index (χ1) is 12.7. The molecule has 0 spiro atoms. The number of anilines is 1. The lowest BCUT2D eigenvalue weighted by Gasteiger charge is -2.42. The van der Waals surface area contributed by atoms with Crippen LogP contribution in [-0.2, 0) is 0 Å². The van der Waals surface area contributed by atoms with Crippen LogP contribution in [0, 0.1) is 17.8 Å². The summed E-state index contributed by atoms with van der Waals surface area (Å²) < 4.78 is 0. The number of piperazine rings is 1. The Labute approximate surface area is 179 Å². The third kappa shape index (κ3) is 5.54. The molecule has 3 rings (SSSR count). The van der Waals surface area contributed by atoms with E-state index >= 15 is 0 Å². The molecule has 1 aliphatic heterocycles. The highest BCUT2D eigenvalue weighted by Crippen LogP contribution is 2.49. The van der Waals surface area contributed by atoms with Crippen LogP contribution in [-0.4, -0.2) is 37.6 Å². The molecular weight excluding hydrogens is 364 g/mol. The fourth-order valence-electron chi connectivity index (χ4n) is 5.47. The van der Waals surface area contributed by atoms with E-state index in [9.17, 15) is 0 Å². The maximum absolute atomic E-state index is 2.66. The summed E-state index contributed by atoms with van der Waals surface area (Å²) in [5.41, 5.74) is 6.61. The monoisotopic (exact) mass is 404 g/mol. The SMILES string of the molecule is CCCCN1CCN(c2c(C)cccc2C2=CC(C)(C)CC(C)(C)C2)CC1.Cl. The van der Waals surface area contributed by atoms with Crippen molar-refractivity contribution < 1.29 is 0 Å². The minimum Gasteiger partial charge on any atom is -0.368 e. The fourth-order valence-corrected chi connectivity index (χ4v) is 5.47. The molecule has 0 amide bonds. The van der Waals surface area contributed by atoms with Crippen LogP contribution in [0.1, 0.15) is 71.4 Å². The maximum Gasteiger partial charge on any atom is 0.0473 e. The Balaban J connectivity index is 0.00000280. The second-order valence-corrected chi connectivity index (χ2v) is 10.3. The van der Waals surface area contributed by atoms with Gasteiger partial charge in [0.25, 0.3) is 0 Å². The third-order valence-electron chi connectivity index (χ3n) is 6.27. The van der Waals surface area contributed by atoms with Gasteiger partial charge in [-0.2, -0.15) is 0 Å². The molecular formula is C25H41ClN2. The van der Waals surface area contributed by atoms with Crippen molar-refractivity contribution in [2.75, 3.05) is 37.6 Å². The van der Waals surface area contributed by atoms with E-state index in [0.717, 1.165) is 13.1 Å². The average molecular weight is 405 g/mol. The zero-order valence-corrected chi connectivity index (χ0v) is 19.8. The van der Waals surface area contributed by atoms with E-state index in [2.05, 4.69) is 75.6 Å². The number of hydrogen-bond donors (Lipinski definition) is 0. The van der Waals surface area contributed by atoms with E-state index in [1.54, 1.807) is 5.57 Å². The number of allylic oxidation sites excluding steroid dienone is 2. The summed E-state index contributed by atoms with van der Waals surface area (Å²) in [5, 5.41) is 0. The number of para-hydroxylation sites is 1. The van der Waals surface area contributed by atoms with Gasteiger partial charge in [0.15, 0.2) is 0 Å². The molecule has 0 bridgehead atoms. The molecule has 3 heteroatoms. The largest absolute Gasteiger partial charge is 0.368 e. The van der Waals surface area contributed by atoms with Crippen LogP contribution in [0.25, 0.3) is 5.57 Å². The Kier molecular flexibility index (Phi) is 7.67. The Morgan fingerprint density at radius 1 is 1.00 bits per heavy atom. The van der Waals surface area contributed by atoms with Crippen LogP contribution in [0.5, 0.6) is 0 Å². The number of halogens is 1. The Morgan fingerprint density at radius 3 is 2.29 bits per heavy atom. The average Bonchev–Trinajstić information content (AvgIpc) is 2.57. The molecule has 0 radical (unpaired) electrons. The van der Waals surface area contributed by atoms with Crippen molar-refractivity contribution in [3.8, 4) is 0 Å². The van der Waals surface area contributed by atoms with Crippen molar-refractivity contribution in [1.29, 1.82) is 0 Å². The van der Waals surface area contributed by atoms with Crippen LogP contribution < -0.4 is 4.90 Å². The molecule has 1 aromatic carbocycles. The van der Waals surface area contributed by atoms with Crippen LogP contribution in [0.3, 0.4) is 0 Å². The molecule has 1 aliphatic carbocycles. The number of hydrogen-bond acceptors (Lipinski definition) is 2. The second-order valence-electron chi connectivity index (χ2n) is 10.3. The zero-order chi connectivity index (χ0) is 19.7. The maximum atomic E-state index is 2.66. The van der Waals surface area contributed by atoms with E-state index in [1.165, 1.54) is 62.1 Å². The first kappa shape index (κ1) is 23.3. The summed E-state index contributed by atoms with van der Waals surface area (Å²) in [6.45, 7) is 20.2.